The minimum absolute atomic E-state index is 0.202. The number of likely N-dealkylation sites (N-methyl/N-ethyl adjacent to an activating group) is 1. The molecule has 8 nitrogen and oxygen atoms in total. The molecule has 1 amide bonds. The Bertz CT molecular complexity index is 1920. The highest BCUT2D eigenvalue weighted by atomic mass is 32.1. The van der Waals surface area contributed by atoms with Crippen LogP contribution in [-0.2, 0) is 14.3 Å². The van der Waals surface area contributed by atoms with E-state index in [9.17, 15) is 14.4 Å². The van der Waals surface area contributed by atoms with Crippen LogP contribution in [0.2, 0.25) is 0 Å². The highest BCUT2D eigenvalue weighted by Crippen LogP contribution is 2.31. The van der Waals surface area contributed by atoms with Crippen LogP contribution >= 0.6 is 11.3 Å². The molecule has 2 aliphatic rings. The number of carbonyl (C=O) groups is 2. The number of thiazole rings is 1. The van der Waals surface area contributed by atoms with Gasteiger partial charge in [-0.15, -0.1) is 11.3 Å². The Morgan fingerprint density at radius 2 is 1.52 bits per heavy atom. The van der Waals surface area contributed by atoms with Gasteiger partial charge in [-0.3, -0.25) is 19.0 Å². The maximum Gasteiger partial charge on any atom is 0.311 e. The van der Waals surface area contributed by atoms with Gasteiger partial charge >= 0.3 is 5.97 Å². The summed E-state index contributed by atoms with van der Waals surface area (Å²) < 4.78 is 7.66. The third-order valence-corrected chi connectivity index (χ3v) is 8.22. The predicted molar refractivity (Wildman–Crippen MR) is 167 cm³/mol. The molecule has 6 rings (SSSR count). The van der Waals surface area contributed by atoms with E-state index in [2.05, 4.69) is 10.0 Å². The van der Waals surface area contributed by atoms with Gasteiger partial charge in [0.05, 0.1) is 35.8 Å². The molecule has 0 unspecified atom stereocenters. The van der Waals surface area contributed by atoms with Crippen molar-refractivity contribution in [3.05, 3.63) is 116 Å². The summed E-state index contributed by atoms with van der Waals surface area (Å²) in [6.07, 6.45) is 3.74. The van der Waals surface area contributed by atoms with Crippen molar-refractivity contribution in [1.29, 1.82) is 0 Å². The molecular formula is C33H28N4O4S. The Labute approximate surface area is 246 Å². The van der Waals surface area contributed by atoms with Crippen LogP contribution in [0.1, 0.15) is 25.8 Å². The smallest absolute Gasteiger partial charge is 0.311 e. The van der Waals surface area contributed by atoms with Gasteiger partial charge in [0.15, 0.2) is 0 Å². The van der Waals surface area contributed by atoms with Crippen LogP contribution in [0.25, 0.3) is 23.0 Å². The molecule has 0 spiro atoms. The molecule has 42 heavy (non-hydrogen) atoms. The van der Waals surface area contributed by atoms with E-state index < -0.39 is 11.9 Å². The van der Waals surface area contributed by atoms with E-state index in [1.807, 2.05) is 91.9 Å². The first-order valence-electron chi connectivity index (χ1n) is 13.7. The molecule has 0 saturated heterocycles. The van der Waals surface area contributed by atoms with Crippen molar-refractivity contribution in [2.45, 2.75) is 20.3 Å². The van der Waals surface area contributed by atoms with Crippen molar-refractivity contribution in [2.24, 2.45) is 5.10 Å². The molecule has 0 aliphatic carbocycles. The molecule has 3 heterocycles. The average molecular weight is 577 g/mol. The summed E-state index contributed by atoms with van der Waals surface area (Å²) in [6, 6.07) is 26.3. The molecule has 0 atom stereocenters. The number of carbonyl (C=O) groups excluding carboxylic acids is 2. The van der Waals surface area contributed by atoms with Crippen LogP contribution in [-0.4, -0.2) is 35.3 Å². The zero-order valence-electron chi connectivity index (χ0n) is 23.2. The van der Waals surface area contributed by atoms with E-state index in [-0.39, 0.29) is 29.9 Å². The lowest BCUT2D eigenvalue weighted by molar-refractivity contribution is -0.141. The summed E-state index contributed by atoms with van der Waals surface area (Å²) in [5, 5.41) is 5.87. The Morgan fingerprint density at radius 1 is 0.857 bits per heavy atom. The Morgan fingerprint density at radius 3 is 2.21 bits per heavy atom. The van der Waals surface area contributed by atoms with E-state index in [0.717, 1.165) is 16.9 Å². The highest BCUT2D eigenvalue weighted by molar-refractivity contribution is 7.08. The number of hydrogen-bond donors (Lipinski definition) is 0. The second-order valence-electron chi connectivity index (χ2n) is 9.59. The van der Waals surface area contributed by atoms with E-state index in [1.165, 1.54) is 16.3 Å². The molecule has 3 aromatic carbocycles. The second-order valence-corrected chi connectivity index (χ2v) is 10.6. The predicted octanol–water partition coefficient (Wildman–Crippen LogP) is 4.07. The SMILES string of the molecule is CCOC(=O)CC1=NN(c2ccccc2)C(=O)C1=c1sc(=C2C=Cc3ccccc3N2CC)c(=O)n1-c1ccccc1. The first-order chi connectivity index (χ1) is 20.5. The molecule has 1 aromatic heterocycles. The minimum Gasteiger partial charge on any atom is -0.466 e. The lowest BCUT2D eigenvalue weighted by Crippen LogP contribution is -2.36. The number of hydrazone groups is 1. The van der Waals surface area contributed by atoms with Crippen molar-refractivity contribution in [2.75, 3.05) is 23.1 Å². The Hall–Kier alpha value is -5.02. The van der Waals surface area contributed by atoms with Crippen LogP contribution in [0.5, 0.6) is 0 Å². The molecule has 0 N–H and O–H groups in total. The van der Waals surface area contributed by atoms with Crippen LogP contribution in [0.3, 0.4) is 0 Å². The first-order valence-corrected chi connectivity index (χ1v) is 14.6. The number of fused-ring (bicyclic) bond motifs is 1. The lowest BCUT2D eigenvalue weighted by atomic mass is 10.1. The van der Waals surface area contributed by atoms with Crippen molar-refractivity contribution in [3.8, 4) is 5.69 Å². The molecular weight excluding hydrogens is 548 g/mol. The van der Waals surface area contributed by atoms with Gasteiger partial charge in [0.2, 0.25) is 0 Å². The summed E-state index contributed by atoms with van der Waals surface area (Å²) in [7, 11) is 0. The van der Waals surface area contributed by atoms with Gasteiger partial charge in [-0.1, -0.05) is 60.7 Å². The summed E-state index contributed by atoms with van der Waals surface area (Å²) in [4.78, 5) is 43.2. The van der Waals surface area contributed by atoms with Crippen molar-refractivity contribution >= 4 is 57.6 Å². The third-order valence-electron chi connectivity index (χ3n) is 7.05. The number of amides is 1. The van der Waals surface area contributed by atoms with E-state index in [4.69, 9.17) is 4.74 Å². The summed E-state index contributed by atoms with van der Waals surface area (Å²) >= 11 is 1.23. The number of para-hydroxylation sites is 3. The molecule has 4 aromatic rings. The number of benzene rings is 3. The number of anilines is 2. The van der Waals surface area contributed by atoms with Gasteiger partial charge in [-0.25, -0.2) is 0 Å². The molecule has 210 valence electrons. The largest absolute Gasteiger partial charge is 0.466 e. The van der Waals surface area contributed by atoms with Crippen molar-refractivity contribution < 1.29 is 14.3 Å². The summed E-state index contributed by atoms with van der Waals surface area (Å²) in [5.74, 6) is -0.917. The third kappa shape index (κ3) is 4.77. The maximum atomic E-state index is 14.3. The molecule has 0 radical (unpaired) electrons. The number of esters is 1. The van der Waals surface area contributed by atoms with Gasteiger partial charge in [0.25, 0.3) is 11.5 Å². The fraction of sp³-hybridized carbons (Fsp3) is 0.152. The summed E-state index contributed by atoms with van der Waals surface area (Å²) in [5.41, 5.74) is 4.17. The van der Waals surface area contributed by atoms with Gasteiger partial charge in [0.1, 0.15) is 14.8 Å². The molecule has 0 bridgehead atoms. The quantitative estimate of drug-likeness (QED) is 0.323. The monoisotopic (exact) mass is 576 g/mol. The van der Waals surface area contributed by atoms with E-state index >= 15 is 0 Å². The number of nitrogens with zero attached hydrogens (tertiary/aromatic N) is 4. The number of hydrogen-bond acceptors (Lipinski definition) is 7. The fourth-order valence-corrected chi connectivity index (χ4v) is 6.44. The molecule has 9 heteroatoms. The minimum atomic E-state index is -0.500. The van der Waals surface area contributed by atoms with E-state index in [1.54, 1.807) is 23.6 Å². The van der Waals surface area contributed by atoms with Gasteiger partial charge in [-0.2, -0.15) is 10.1 Å². The van der Waals surface area contributed by atoms with Crippen LogP contribution < -0.4 is 24.7 Å². The second kappa shape index (κ2) is 11.5. The summed E-state index contributed by atoms with van der Waals surface area (Å²) in [6.45, 7) is 4.61. The van der Waals surface area contributed by atoms with Crippen LogP contribution in [0, 0.1) is 0 Å². The first kappa shape index (κ1) is 27.2. The number of aromatic nitrogens is 1. The number of ether oxygens (including phenoxy) is 1. The van der Waals surface area contributed by atoms with Crippen LogP contribution in [0.4, 0.5) is 11.4 Å². The average Bonchev–Trinajstić information content (AvgIpc) is 3.52. The van der Waals surface area contributed by atoms with Gasteiger partial charge in [0, 0.05) is 12.2 Å². The zero-order chi connectivity index (χ0) is 29.2. The van der Waals surface area contributed by atoms with Crippen molar-refractivity contribution in [1.82, 2.24) is 4.57 Å². The van der Waals surface area contributed by atoms with Crippen molar-refractivity contribution in [3.63, 3.8) is 0 Å². The van der Waals surface area contributed by atoms with Gasteiger partial charge < -0.3 is 9.64 Å². The Balaban J connectivity index is 1.67. The maximum absolute atomic E-state index is 14.3. The van der Waals surface area contributed by atoms with Crippen LogP contribution in [0.15, 0.2) is 101 Å². The number of rotatable bonds is 6. The standard InChI is InChI=1S/C33H28N4O4S/c1-3-35-26-18-12-11-13-22(26)19-20-27(35)30-32(40)36(23-14-7-5-8-15-23)33(42-30)29-25(21-28(38)41-4-2)34-37(31(29)39)24-16-9-6-10-17-24/h5-20H,3-4,21H2,1-2H3. The fourth-order valence-electron chi connectivity index (χ4n) is 5.19. The van der Waals surface area contributed by atoms with E-state index in [0.29, 0.717) is 27.1 Å². The Kier molecular flexibility index (Phi) is 7.41. The topological polar surface area (TPSA) is 84.2 Å². The normalized spacial score (nSPS) is 16.9. The molecule has 0 saturated carbocycles. The van der Waals surface area contributed by atoms with Gasteiger partial charge in [-0.05, 0) is 55.8 Å². The molecule has 0 fully saturated rings. The lowest BCUT2D eigenvalue weighted by Gasteiger charge is -2.28. The zero-order valence-corrected chi connectivity index (χ0v) is 24.0. The highest BCUT2D eigenvalue weighted by Gasteiger charge is 2.35. The molecule has 2 aliphatic heterocycles.